The molecule has 0 spiro atoms. The number of hydrogen-bond donors (Lipinski definition) is 1. The Bertz CT molecular complexity index is 800. The summed E-state index contributed by atoms with van der Waals surface area (Å²) >= 11 is 0. The maximum atomic E-state index is 5.35. The highest BCUT2D eigenvalue weighted by atomic mass is 16.5. The minimum absolute atomic E-state index is 0.721. The van der Waals surface area contributed by atoms with E-state index in [1.165, 1.54) is 11.1 Å². The van der Waals surface area contributed by atoms with Crippen LogP contribution >= 0.6 is 0 Å². The average Bonchev–Trinajstić information content (AvgIpc) is 2.67. The van der Waals surface area contributed by atoms with Crippen molar-refractivity contribution in [3.8, 4) is 22.6 Å². The molecule has 0 aliphatic heterocycles. The Morgan fingerprint density at radius 3 is 2.21 bits per heavy atom. The lowest BCUT2D eigenvalue weighted by atomic mass is 10.1. The zero-order valence-electron chi connectivity index (χ0n) is 14.0. The molecule has 3 aromatic rings. The molecule has 24 heavy (non-hydrogen) atoms. The topological polar surface area (TPSA) is 30.5 Å². The Morgan fingerprint density at radius 2 is 1.46 bits per heavy atom. The van der Waals surface area contributed by atoms with Crippen molar-refractivity contribution in [1.82, 2.24) is 0 Å². The van der Waals surface area contributed by atoms with E-state index < -0.39 is 0 Å². The molecule has 0 fully saturated rings. The fourth-order valence-electron chi connectivity index (χ4n) is 2.63. The smallest absolute Gasteiger partial charge is 0.161 e. The first-order chi connectivity index (χ1) is 11.8. The summed E-state index contributed by atoms with van der Waals surface area (Å²) in [7, 11) is 3.29. The van der Waals surface area contributed by atoms with Gasteiger partial charge in [-0.15, -0.1) is 0 Å². The van der Waals surface area contributed by atoms with Crippen molar-refractivity contribution < 1.29 is 9.47 Å². The summed E-state index contributed by atoms with van der Waals surface area (Å²) in [5.74, 6) is 1.49. The van der Waals surface area contributed by atoms with Crippen molar-refractivity contribution in [3.05, 3.63) is 78.4 Å². The van der Waals surface area contributed by atoms with E-state index in [2.05, 4.69) is 53.8 Å². The standard InChI is InChI=1S/C21H21NO2/c1-23-20-12-11-16(13-21(20)24-2)15-22-19-10-6-9-18(14-19)17-7-4-3-5-8-17/h3-14,22H,15H2,1-2H3. The SMILES string of the molecule is COc1ccc(CNc2cccc(-c3ccccc3)c2)cc1OC. The Balaban J connectivity index is 1.73. The van der Waals surface area contributed by atoms with Crippen molar-refractivity contribution >= 4 is 5.69 Å². The molecule has 0 aliphatic rings. The van der Waals surface area contributed by atoms with Crippen LogP contribution in [0.3, 0.4) is 0 Å². The summed E-state index contributed by atoms with van der Waals surface area (Å²) < 4.78 is 10.6. The number of anilines is 1. The van der Waals surface area contributed by atoms with Gasteiger partial charge in [0.15, 0.2) is 11.5 Å². The predicted molar refractivity (Wildman–Crippen MR) is 98.8 cm³/mol. The first-order valence-corrected chi connectivity index (χ1v) is 7.90. The van der Waals surface area contributed by atoms with E-state index in [0.717, 1.165) is 29.3 Å². The van der Waals surface area contributed by atoms with E-state index in [0.29, 0.717) is 0 Å². The van der Waals surface area contributed by atoms with Crippen LogP contribution in [0.2, 0.25) is 0 Å². The molecule has 0 aromatic heterocycles. The van der Waals surface area contributed by atoms with Gasteiger partial charge in [0, 0.05) is 12.2 Å². The Morgan fingerprint density at radius 1 is 0.708 bits per heavy atom. The van der Waals surface area contributed by atoms with Gasteiger partial charge in [0.05, 0.1) is 14.2 Å². The van der Waals surface area contributed by atoms with Crippen LogP contribution in [0, 0.1) is 0 Å². The molecule has 0 aliphatic carbocycles. The second-order valence-electron chi connectivity index (χ2n) is 5.49. The molecular weight excluding hydrogens is 298 g/mol. The second-order valence-corrected chi connectivity index (χ2v) is 5.49. The largest absolute Gasteiger partial charge is 0.493 e. The molecule has 0 saturated heterocycles. The second kappa shape index (κ2) is 7.55. The van der Waals surface area contributed by atoms with E-state index in [1.807, 2.05) is 24.3 Å². The van der Waals surface area contributed by atoms with Gasteiger partial charge in [-0.3, -0.25) is 0 Å². The Labute approximate surface area is 142 Å². The first-order valence-electron chi connectivity index (χ1n) is 7.90. The highest BCUT2D eigenvalue weighted by molar-refractivity contribution is 5.68. The number of rotatable bonds is 6. The lowest BCUT2D eigenvalue weighted by molar-refractivity contribution is 0.354. The van der Waals surface area contributed by atoms with E-state index in [9.17, 15) is 0 Å². The molecule has 3 heteroatoms. The van der Waals surface area contributed by atoms with Gasteiger partial charge in [0.25, 0.3) is 0 Å². The zero-order chi connectivity index (χ0) is 16.8. The van der Waals surface area contributed by atoms with E-state index >= 15 is 0 Å². The lowest BCUT2D eigenvalue weighted by Gasteiger charge is -2.12. The van der Waals surface area contributed by atoms with Crippen molar-refractivity contribution in [2.75, 3.05) is 19.5 Å². The van der Waals surface area contributed by atoms with Crippen LogP contribution < -0.4 is 14.8 Å². The van der Waals surface area contributed by atoms with Gasteiger partial charge in [-0.1, -0.05) is 48.5 Å². The highest BCUT2D eigenvalue weighted by Gasteiger charge is 2.05. The molecule has 0 unspecified atom stereocenters. The molecule has 3 aromatic carbocycles. The molecule has 122 valence electrons. The quantitative estimate of drug-likeness (QED) is 0.695. The summed E-state index contributed by atoms with van der Waals surface area (Å²) in [6.07, 6.45) is 0. The molecule has 0 bridgehead atoms. The van der Waals surface area contributed by atoms with Crippen LogP contribution in [0.4, 0.5) is 5.69 Å². The predicted octanol–water partition coefficient (Wildman–Crippen LogP) is 4.98. The van der Waals surface area contributed by atoms with Crippen LogP contribution in [0.25, 0.3) is 11.1 Å². The Hall–Kier alpha value is -2.94. The zero-order valence-corrected chi connectivity index (χ0v) is 14.0. The van der Waals surface area contributed by atoms with Crippen LogP contribution in [0.1, 0.15) is 5.56 Å². The van der Waals surface area contributed by atoms with Crippen LogP contribution in [-0.4, -0.2) is 14.2 Å². The van der Waals surface area contributed by atoms with E-state index in [4.69, 9.17) is 9.47 Å². The third kappa shape index (κ3) is 3.69. The minimum Gasteiger partial charge on any atom is -0.493 e. The minimum atomic E-state index is 0.721. The number of methoxy groups -OCH3 is 2. The fourth-order valence-corrected chi connectivity index (χ4v) is 2.63. The molecule has 0 heterocycles. The third-order valence-electron chi connectivity index (χ3n) is 3.91. The van der Waals surface area contributed by atoms with Gasteiger partial charge in [0.1, 0.15) is 0 Å². The van der Waals surface area contributed by atoms with Crippen molar-refractivity contribution in [2.45, 2.75) is 6.54 Å². The molecule has 0 amide bonds. The van der Waals surface area contributed by atoms with Crippen LogP contribution in [0.5, 0.6) is 11.5 Å². The lowest BCUT2D eigenvalue weighted by Crippen LogP contribution is -2.00. The van der Waals surface area contributed by atoms with Crippen LogP contribution in [-0.2, 0) is 6.54 Å². The van der Waals surface area contributed by atoms with Gasteiger partial charge in [-0.2, -0.15) is 0 Å². The summed E-state index contributed by atoms with van der Waals surface area (Å²) in [5.41, 5.74) is 4.64. The highest BCUT2D eigenvalue weighted by Crippen LogP contribution is 2.28. The maximum Gasteiger partial charge on any atom is 0.161 e. The molecule has 0 radical (unpaired) electrons. The molecular formula is C21H21NO2. The van der Waals surface area contributed by atoms with Gasteiger partial charge in [-0.05, 0) is 41.0 Å². The summed E-state index contributed by atoms with van der Waals surface area (Å²) in [6.45, 7) is 0.721. The van der Waals surface area contributed by atoms with Crippen molar-refractivity contribution in [2.24, 2.45) is 0 Å². The number of ether oxygens (including phenoxy) is 2. The molecule has 1 N–H and O–H groups in total. The van der Waals surface area contributed by atoms with Crippen molar-refractivity contribution in [3.63, 3.8) is 0 Å². The first kappa shape index (κ1) is 15.9. The van der Waals surface area contributed by atoms with Crippen molar-refractivity contribution in [1.29, 1.82) is 0 Å². The molecule has 0 saturated carbocycles. The number of hydrogen-bond acceptors (Lipinski definition) is 3. The van der Waals surface area contributed by atoms with E-state index in [1.54, 1.807) is 14.2 Å². The number of nitrogens with one attached hydrogen (secondary N) is 1. The Kier molecular flexibility index (Phi) is 5.02. The molecule has 3 rings (SSSR count). The molecule has 3 nitrogen and oxygen atoms in total. The average molecular weight is 319 g/mol. The van der Waals surface area contributed by atoms with E-state index in [-0.39, 0.29) is 0 Å². The normalized spacial score (nSPS) is 10.2. The summed E-state index contributed by atoms with van der Waals surface area (Å²) in [4.78, 5) is 0. The molecule has 0 atom stereocenters. The summed E-state index contributed by atoms with van der Waals surface area (Å²) in [6, 6.07) is 24.8. The van der Waals surface area contributed by atoms with Gasteiger partial charge in [-0.25, -0.2) is 0 Å². The monoisotopic (exact) mass is 319 g/mol. The van der Waals surface area contributed by atoms with Gasteiger partial charge < -0.3 is 14.8 Å². The third-order valence-corrected chi connectivity index (χ3v) is 3.91. The van der Waals surface area contributed by atoms with Gasteiger partial charge in [0.2, 0.25) is 0 Å². The van der Waals surface area contributed by atoms with Crippen LogP contribution in [0.15, 0.2) is 72.8 Å². The maximum absolute atomic E-state index is 5.35. The summed E-state index contributed by atoms with van der Waals surface area (Å²) in [5, 5.41) is 3.46. The number of benzene rings is 3. The van der Waals surface area contributed by atoms with Gasteiger partial charge >= 0.3 is 0 Å². The fraction of sp³-hybridized carbons (Fsp3) is 0.143.